The zero-order chi connectivity index (χ0) is 27.1. The fourth-order valence-electron chi connectivity index (χ4n) is 3.45. The van der Waals surface area contributed by atoms with Crippen LogP contribution in [-0.2, 0) is 7.05 Å². The van der Waals surface area contributed by atoms with Gasteiger partial charge in [0.05, 0.1) is 17.1 Å². The number of aliphatic hydroxyl groups excluding tert-OH is 3. The van der Waals surface area contributed by atoms with E-state index in [0.29, 0.717) is 33.1 Å². The summed E-state index contributed by atoms with van der Waals surface area (Å²) in [7, 11) is 1.89. The number of aliphatic hydroxyl groups is 3. The third kappa shape index (κ3) is 6.79. The number of benzene rings is 1. The van der Waals surface area contributed by atoms with Gasteiger partial charge in [0.15, 0.2) is 18.3 Å². The number of hydrogen-bond acceptors (Lipinski definition) is 7. The molecule has 4 rings (SSSR count). The Morgan fingerprint density at radius 1 is 0.763 bits per heavy atom. The molecular weight excluding hydrogens is 482 g/mol. The van der Waals surface area contributed by atoms with Crippen LogP contribution in [0.15, 0.2) is 124 Å². The molecule has 0 amide bonds. The van der Waals surface area contributed by atoms with Crippen LogP contribution in [0.2, 0.25) is 0 Å². The van der Waals surface area contributed by atoms with Gasteiger partial charge in [-0.2, -0.15) is 0 Å². The maximum absolute atomic E-state index is 10.5. The lowest BCUT2D eigenvalue weighted by Crippen LogP contribution is -2.26. The molecule has 190 valence electrons. The van der Waals surface area contributed by atoms with Gasteiger partial charge in [-0.3, -0.25) is 5.41 Å². The van der Waals surface area contributed by atoms with Crippen molar-refractivity contribution in [1.82, 2.24) is 0 Å². The summed E-state index contributed by atoms with van der Waals surface area (Å²) in [6.07, 6.45) is 17.0. The van der Waals surface area contributed by atoms with Gasteiger partial charge in [0, 0.05) is 22.1 Å². The molecule has 0 saturated carbocycles. The van der Waals surface area contributed by atoms with E-state index in [-0.39, 0.29) is 23.6 Å². The van der Waals surface area contributed by atoms with Gasteiger partial charge in [0.2, 0.25) is 17.7 Å². The molecular formula is C28H26N7O3+. The second-order valence-corrected chi connectivity index (χ2v) is 8.24. The molecule has 0 bridgehead atoms. The molecule has 2 aliphatic rings. The van der Waals surface area contributed by atoms with Crippen molar-refractivity contribution in [2.24, 2.45) is 27.8 Å². The van der Waals surface area contributed by atoms with Crippen LogP contribution in [-0.4, -0.2) is 38.4 Å². The zero-order valence-electron chi connectivity index (χ0n) is 20.4. The summed E-state index contributed by atoms with van der Waals surface area (Å²) in [6, 6.07) is 10.2. The van der Waals surface area contributed by atoms with Gasteiger partial charge >= 0.3 is 0 Å². The second-order valence-electron chi connectivity index (χ2n) is 8.24. The van der Waals surface area contributed by atoms with Crippen LogP contribution in [0.3, 0.4) is 0 Å². The Morgan fingerprint density at radius 3 is 1.71 bits per heavy atom. The lowest BCUT2D eigenvalue weighted by molar-refractivity contribution is -0.670. The predicted molar refractivity (Wildman–Crippen MR) is 149 cm³/mol. The van der Waals surface area contributed by atoms with Crippen LogP contribution < -0.4 is 26.1 Å². The Bertz CT molecular complexity index is 1600. The Hall–Kier alpha value is -5.51. The van der Waals surface area contributed by atoms with E-state index in [4.69, 9.17) is 11.1 Å². The molecule has 0 radical (unpaired) electrons. The Kier molecular flexibility index (Phi) is 7.73. The Balaban J connectivity index is 1.49. The SMILES string of the molecule is C[n+]1cccc(NC(O)=C2C=CC(=NC(O)=c3ccc(=C(O)N=C4C=CC(=NC(=N)N)C=C4)cc3)C=C2)c1. The van der Waals surface area contributed by atoms with Gasteiger partial charge in [-0.15, -0.1) is 0 Å². The van der Waals surface area contributed by atoms with Crippen molar-refractivity contribution in [3.63, 3.8) is 0 Å². The third-order valence-electron chi connectivity index (χ3n) is 5.31. The van der Waals surface area contributed by atoms with Crippen LogP contribution in [0.4, 0.5) is 5.69 Å². The average Bonchev–Trinajstić information content (AvgIpc) is 2.90. The zero-order valence-corrected chi connectivity index (χ0v) is 20.4. The van der Waals surface area contributed by atoms with E-state index >= 15 is 0 Å². The highest BCUT2D eigenvalue weighted by molar-refractivity contribution is 6.20. The molecule has 0 saturated heterocycles. The lowest BCUT2D eigenvalue weighted by Gasteiger charge is -2.08. The van der Waals surface area contributed by atoms with E-state index in [1.165, 1.54) is 0 Å². The van der Waals surface area contributed by atoms with Gasteiger partial charge in [0.25, 0.3) is 0 Å². The van der Waals surface area contributed by atoms with Gasteiger partial charge < -0.3 is 26.4 Å². The number of aliphatic imine (C=N–C) groups is 3. The molecule has 1 heterocycles. The quantitative estimate of drug-likeness (QED) is 0.122. The van der Waals surface area contributed by atoms with Crippen LogP contribution >= 0.6 is 0 Å². The van der Waals surface area contributed by atoms with Crippen molar-refractivity contribution in [2.75, 3.05) is 5.32 Å². The summed E-state index contributed by atoms with van der Waals surface area (Å²) in [6.45, 7) is 0. The van der Waals surface area contributed by atoms with Gasteiger partial charge in [-0.05, 0) is 78.9 Å². The van der Waals surface area contributed by atoms with E-state index in [0.717, 1.165) is 5.69 Å². The highest BCUT2D eigenvalue weighted by Crippen LogP contribution is 2.14. The Morgan fingerprint density at radius 2 is 1.24 bits per heavy atom. The van der Waals surface area contributed by atoms with E-state index in [9.17, 15) is 15.3 Å². The van der Waals surface area contributed by atoms with E-state index < -0.39 is 0 Å². The summed E-state index contributed by atoms with van der Waals surface area (Å²) in [5.41, 5.74) is 8.07. The smallest absolute Gasteiger partial charge is 0.218 e. The molecule has 0 aliphatic heterocycles. The fourth-order valence-corrected chi connectivity index (χ4v) is 3.45. The molecule has 0 spiro atoms. The maximum Gasteiger partial charge on any atom is 0.218 e. The predicted octanol–water partition coefficient (Wildman–Crippen LogP) is 2.11. The van der Waals surface area contributed by atoms with Gasteiger partial charge in [-0.1, -0.05) is 0 Å². The monoisotopic (exact) mass is 508 g/mol. The number of pyridine rings is 1. The summed E-state index contributed by atoms with van der Waals surface area (Å²) < 4.78 is 1.87. The maximum atomic E-state index is 10.5. The molecule has 0 unspecified atom stereocenters. The lowest BCUT2D eigenvalue weighted by atomic mass is 10.1. The number of allylic oxidation sites excluding steroid dienone is 9. The summed E-state index contributed by atoms with van der Waals surface area (Å²) in [4.78, 5) is 12.2. The molecule has 38 heavy (non-hydrogen) atoms. The molecule has 10 nitrogen and oxygen atoms in total. The van der Waals surface area contributed by atoms with Crippen molar-refractivity contribution in [3.05, 3.63) is 119 Å². The minimum Gasteiger partial charge on any atom is -0.494 e. The number of nitrogens with zero attached hydrogens (tertiary/aromatic N) is 4. The summed E-state index contributed by atoms with van der Waals surface area (Å²) >= 11 is 0. The molecule has 2 aliphatic carbocycles. The number of guanidine groups is 1. The topological polar surface area (TPSA) is 164 Å². The van der Waals surface area contributed by atoms with Crippen LogP contribution in [0.5, 0.6) is 0 Å². The summed E-state index contributed by atoms with van der Waals surface area (Å²) in [5.74, 6) is -0.700. The number of aromatic nitrogens is 1. The number of nitrogens with two attached hydrogens (primary N) is 1. The van der Waals surface area contributed by atoms with E-state index in [1.54, 1.807) is 72.9 Å². The summed E-state index contributed by atoms with van der Waals surface area (Å²) in [5, 5.41) is 42.3. The number of hydrogen-bond donors (Lipinski definition) is 6. The molecule has 1 aromatic carbocycles. The molecule has 1 aromatic heterocycles. The highest BCUT2D eigenvalue weighted by Gasteiger charge is 2.07. The van der Waals surface area contributed by atoms with Crippen LogP contribution in [0.25, 0.3) is 11.8 Å². The minimum atomic E-state index is -0.295. The second kappa shape index (κ2) is 11.5. The van der Waals surface area contributed by atoms with Gasteiger partial charge in [0.1, 0.15) is 12.7 Å². The van der Waals surface area contributed by atoms with Crippen LogP contribution in [0, 0.1) is 5.41 Å². The third-order valence-corrected chi connectivity index (χ3v) is 5.31. The van der Waals surface area contributed by atoms with E-state index in [2.05, 4.69) is 20.3 Å². The normalized spacial score (nSPS) is 13.8. The first-order valence-corrected chi connectivity index (χ1v) is 11.5. The fraction of sp³-hybridized carbons (Fsp3) is 0.0357. The first-order valence-electron chi connectivity index (χ1n) is 11.5. The first kappa shape index (κ1) is 25.6. The molecule has 0 atom stereocenters. The van der Waals surface area contributed by atoms with Crippen molar-refractivity contribution in [1.29, 1.82) is 5.41 Å². The first-order chi connectivity index (χ1) is 18.3. The van der Waals surface area contributed by atoms with Gasteiger partial charge in [-0.25, -0.2) is 19.5 Å². The van der Waals surface area contributed by atoms with Crippen molar-refractivity contribution >= 4 is 40.5 Å². The average molecular weight is 509 g/mol. The highest BCUT2D eigenvalue weighted by atomic mass is 16.3. The Labute approximate surface area is 218 Å². The molecule has 7 N–H and O–H groups in total. The number of nitrogens with one attached hydrogen (secondary N) is 2. The van der Waals surface area contributed by atoms with Crippen LogP contribution in [0.1, 0.15) is 0 Å². The largest absolute Gasteiger partial charge is 0.494 e. The number of aryl methyl sites for hydroxylation is 1. The standard InChI is InChI=1S/C28H25N7O3/c1-35-16-2-3-24(17-35)33-27(38)20-8-10-21(11-9-20)31-25(36)18-4-6-19(7-5-18)26(37)32-22-12-14-23(15-13-22)34-28(29)30/h2-17H,1H3,(H6-,29,30,31,32,33,34,36,37,38)/p+1. The van der Waals surface area contributed by atoms with E-state index in [1.807, 2.05) is 36.1 Å². The number of rotatable bonds is 4. The minimum absolute atomic E-state index is 0.00461. The van der Waals surface area contributed by atoms with Crippen molar-refractivity contribution in [2.45, 2.75) is 0 Å². The molecule has 2 aromatic rings. The van der Waals surface area contributed by atoms with Crippen molar-refractivity contribution < 1.29 is 19.9 Å². The molecule has 0 fully saturated rings. The number of anilines is 1. The van der Waals surface area contributed by atoms with Crippen molar-refractivity contribution in [3.8, 4) is 0 Å². The molecule has 10 heteroatoms.